The molecule has 2 saturated heterocycles. The average Bonchev–Trinajstić information content (AvgIpc) is 3.70. The van der Waals surface area contributed by atoms with Gasteiger partial charge < -0.3 is 34.2 Å². The zero-order valence-corrected chi connectivity index (χ0v) is 43.6. The van der Waals surface area contributed by atoms with E-state index in [0.29, 0.717) is 76.7 Å². The van der Waals surface area contributed by atoms with Crippen LogP contribution in [0.4, 0.5) is 28.8 Å². The van der Waals surface area contributed by atoms with E-state index in [1.54, 1.807) is 31.8 Å². The number of ether oxygens (including phenoxy) is 1. The zero-order valence-electron chi connectivity index (χ0n) is 41.1. The first-order valence-corrected chi connectivity index (χ1v) is 28.0. The van der Waals surface area contributed by atoms with E-state index in [-0.39, 0.29) is 0 Å². The Labute approximate surface area is 417 Å². The first-order valence-electron chi connectivity index (χ1n) is 24.6. The number of aromatic nitrogens is 5. The normalized spacial score (nSPS) is 15.6. The van der Waals surface area contributed by atoms with Crippen LogP contribution in [0.15, 0.2) is 68.5 Å². The molecular formula is C51H65BrN11O6P. The topological polar surface area (TPSA) is 193 Å². The van der Waals surface area contributed by atoms with Crippen molar-refractivity contribution in [3.63, 3.8) is 0 Å². The smallest absolute Gasteiger partial charge is 0.420 e. The van der Waals surface area contributed by atoms with Crippen LogP contribution >= 0.6 is 23.1 Å². The van der Waals surface area contributed by atoms with Gasteiger partial charge in [-0.2, -0.15) is 4.98 Å². The molecule has 0 radical (unpaired) electrons. The van der Waals surface area contributed by atoms with Crippen molar-refractivity contribution in [1.29, 1.82) is 0 Å². The van der Waals surface area contributed by atoms with E-state index in [4.69, 9.17) is 14.1 Å². The van der Waals surface area contributed by atoms with Gasteiger partial charge in [-0.1, -0.05) is 39.3 Å². The molecule has 2 amide bonds. The molecule has 2 fully saturated rings. The van der Waals surface area contributed by atoms with Crippen molar-refractivity contribution in [2.75, 3.05) is 81.3 Å². The van der Waals surface area contributed by atoms with Crippen LogP contribution in [-0.4, -0.2) is 118 Å². The van der Waals surface area contributed by atoms with Gasteiger partial charge in [0.25, 0.3) is 0 Å². The summed E-state index contributed by atoms with van der Waals surface area (Å²) in [6, 6.07) is 13.5. The quantitative estimate of drug-likeness (QED) is 0.0489. The highest BCUT2D eigenvalue weighted by molar-refractivity contribution is 9.10. The minimum absolute atomic E-state index is 0.353. The number of fused-ring (bicyclic) bond motifs is 2. The first-order chi connectivity index (χ1) is 33.8. The second-order valence-electron chi connectivity index (χ2n) is 18.4. The van der Waals surface area contributed by atoms with Gasteiger partial charge in [-0.3, -0.25) is 24.4 Å². The van der Waals surface area contributed by atoms with Crippen LogP contribution in [0.2, 0.25) is 0 Å². The molecule has 19 heteroatoms. The van der Waals surface area contributed by atoms with E-state index in [0.717, 1.165) is 112 Å². The highest BCUT2D eigenvalue weighted by Gasteiger charge is 2.30. The Morgan fingerprint density at radius 3 is 2.43 bits per heavy atom. The monoisotopic (exact) mass is 1040 g/mol. The second-order valence-corrected chi connectivity index (χ2v) is 22.4. The number of aryl methyl sites for hydroxylation is 3. The number of oxazole rings is 1. The summed E-state index contributed by atoms with van der Waals surface area (Å²) in [4.78, 5) is 63.1. The number of carbonyl (C=O) groups is 2. The summed E-state index contributed by atoms with van der Waals surface area (Å²) >= 11 is 3.63. The molecule has 6 aromatic rings. The van der Waals surface area contributed by atoms with Crippen LogP contribution in [0, 0.1) is 0 Å². The summed E-state index contributed by atoms with van der Waals surface area (Å²) in [6.45, 7) is 19.0. The predicted octanol–water partition coefficient (Wildman–Crippen LogP) is 8.18. The summed E-state index contributed by atoms with van der Waals surface area (Å²) in [5.41, 5.74) is 6.65. The van der Waals surface area contributed by atoms with Crippen molar-refractivity contribution in [2.45, 2.75) is 91.1 Å². The number of nitrogens with zero attached hydrogens (tertiary/aromatic N) is 8. The lowest BCUT2D eigenvalue weighted by molar-refractivity contribution is -0.128. The van der Waals surface area contributed by atoms with Gasteiger partial charge >= 0.3 is 5.76 Å². The van der Waals surface area contributed by atoms with Crippen LogP contribution < -0.4 is 36.6 Å². The Bertz CT molecular complexity index is 2940. The fourth-order valence-corrected chi connectivity index (χ4v) is 11.8. The molecule has 1 unspecified atom stereocenters. The number of piperidine rings is 1. The van der Waals surface area contributed by atoms with Gasteiger partial charge in [0.1, 0.15) is 30.6 Å². The number of halogens is 1. The van der Waals surface area contributed by atoms with Crippen LogP contribution in [0.1, 0.15) is 82.8 Å². The molecule has 5 heterocycles. The van der Waals surface area contributed by atoms with Gasteiger partial charge in [-0.25, -0.2) is 19.7 Å². The Morgan fingerprint density at radius 2 is 1.73 bits per heavy atom. The van der Waals surface area contributed by atoms with E-state index >= 15 is 0 Å². The Balaban J connectivity index is 0.875. The standard InChI is InChI=1S/C51H65BrN11O6P/c1-7-13-42(49(65)55-32-64)63-41-16-11-14-34(46(41)69-51(63)66)15-12-21-60-24-26-61(27-25-60)35-19-22-62(23-20-35)43-29-44(68-10-4)40(28-33(43)8-2)58-50-54-31-37(52)48(59-50)57-39-18-17-38-36(47(39)70(5,6)67)30-53-45(9-3)56-38/h11,14,16-18,28-32,35,42H,7-10,12-13,15,19-27H2,1-6H3,(H,55,64,65)(H2,54,57,58,59). The molecule has 8 rings (SSSR count). The number of hydrogen-bond acceptors (Lipinski definition) is 15. The zero-order chi connectivity index (χ0) is 49.5. The molecule has 17 nitrogen and oxygen atoms in total. The maximum Gasteiger partial charge on any atom is 0.420 e. The summed E-state index contributed by atoms with van der Waals surface area (Å²) in [7, 11) is -2.78. The minimum atomic E-state index is -2.78. The molecular weight excluding hydrogens is 974 g/mol. The van der Waals surface area contributed by atoms with E-state index in [1.807, 2.05) is 45.0 Å². The molecule has 0 bridgehead atoms. The van der Waals surface area contributed by atoms with E-state index in [2.05, 4.69) is 80.6 Å². The van der Waals surface area contributed by atoms with Gasteiger partial charge in [-0.05, 0) is 117 Å². The number of carbonyl (C=O) groups excluding carboxylic acids is 2. The lowest BCUT2D eigenvalue weighted by Gasteiger charge is -2.43. The molecule has 0 spiro atoms. The first kappa shape index (κ1) is 50.7. The van der Waals surface area contributed by atoms with Crippen molar-refractivity contribution in [3.05, 3.63) is 86.8 Å². The maximum atomic E-state index is 13.7. The van der Waals surface area contributed by atoms with Crippen molar-refractivity contribution < 1.29 is 23.3 Å². The summed E-state index contributed by atoms with van der Waals surface area (Å²) in [6.07, 6.45) is 10.3. The van der Waals surface area contributed by atoms with Crippen molar-refractivity contribution >= 4 is 91.5 Å². The number of hydrogen-bond donors (Lipinski definition) is 3. The van der Waals surface area contributed by atoms with Gasteiger partial charge in [-0.15, -0.1) is 0 Å². The minimum Gasteiger partial charge on any atom is -0.492 e. The van der Waals surface area contributed by atoms with Crippen LogP contribution in [-0.2, 0) is 33.4 Å². The van der Waals surface area contributed by atoms with Gasteiger partial charge in [0.05, 0.1) is 33.5 Å². The number of piperazine rings is 1. The van der Waals surface area contributed by atoms with Gasteiger partial charge in [0.15, 0.2) is 5.58 Å². The van der Waals surface area contributed by atoms with E-state index < -0.39 is 24.8 Å². The summed E-state index contributed by atoms with van der Waals surface area (Å²) in [5.74, 6) is 1.27. The number of benzene rings is 3. The summed E-state index contributed by atoms with van der Waals surface area (Å²) in [5, 5.41) is 10.5. The molecule has 1 atom stereocenters. The van der Waals surface area contributed by atoms with E-state index in [1.165, 1.54) is 15.8 Å². The predicted molar refractivity (Wildman–Crippen MR) is 281 cm³/mol. The van der Waals surface area contributed by atoms with E-state index in [9.17, 15) is 18.9 Å². The molecule has 70 heavy (non-hydrogen) atoms. The molecule has 3 aromatic carbocycles. The third kappa shape index (κ3) is 11.3. The lowest BCUT2D eigenvalue weighted by atomic mass is 9.99. The number of imide groups is 1. The van der Waals surface area contributed by atoms with Crippen molar-refractivity contribution in [1.82, 2.24) is 39.6 Å². The molecule has 3 aromatic heterocycles. The lowest BCUT2D eigenvalue weighted by Crippen LogP contribution is -2.53. The molecule has 2 aliphatic rings. The van der Waals surface area contributed by atoms with Crippen LogP contribution in [0.3, 0.4) is 0 Å². The Hall–Kier alpha value is -5.68. The fourth-order valence-electron chi connectivity index (χ4n) is 10.0. The number of nitrogens with one attached hydrogen (secondary N) is 3. The van der Waals surface area contributed by atoms with Gasteiger partial charge in [0, 0.05) is 86.6 Å². The van der Waals surface area contributed by atoms with Crippen molar-refractivity contribution in [3.8, 4) is 5.75 Å². The van der Waals surface area contributed by atoms with Crippen molar-refractivity contribution in [2.24, 2.45) is 0 Å². The molecule has 0 aliphatic carbocycles. The van der Waals surface area contributed by atoms with Crippen LogP contribution in [0.25, 0.3) is 22.0 Å². The largest absolute Gasteiger partial charge is 0.492 e. The molecule has 0 saturated carbocycles. The maximum absolute atomic E-state index is 13.7. The molecule has 3 N–H and O–H groups in total. The third-order valence-electron chi connectivity index (χ3n) is 13.5. The SMILES string of the molecule is CCCC(C(=O)NC=O)n1c(=O)oc2c(CCCN3CCN(C4CCN(c5cc(OCC)c(Nc6ncc(Br)c(Nc7ccc8nc(CC)ncc8c7P(C)(C)=O)n6)cc5CC)CC4)CC3)cccc21. The number of amides is 2. The average molecular weight is 1040 g/mol. The summed E-state index contributed by atoms with van der Waals surface area (Å²) < 4.78 is 27.8. The Kier molecular flexibility index (Phi) is 16.4. The highest BCUT2D eigenvalue weighted by atomic mass is 79.9. The Morgan fingerprint density at radius 1 is 0.943 bits per heavy atom. The number of rotatable bonds is 20. The molecule has 372 valence electrons. The second kappa shape index (κ2) is 22.6. The third-order valence-corrected chi connectivity index (χ3v) is 15.6. The number of anilines is 5. The molecule has 2 aliphatic heterocycles. The highest BCUT2D eigenvalue weighted by Crippen LogP contribution is 2.42. The number of para-hydroxylation sites is 1. The fraction of sp³-hybridized carbons (Fsp3) is 0.471. The van der Waals surface area contributed by atoms with Gasteiger partial charge in [0.2, 0.25) is 18.3 Å². The van der Waals surface area contributed by atoms with Crippen LogP contribution in [0.5, 0.6) is 5.75 Å².